The van der Waals surface area contributed by atoms with E-state index in [1.165, 1.54) is 0 Å². The normalized spacial score (nSPS) is 12.8. The van der Waals surface area contributed by atoms with E-state index in [0.717, 1.165) is 41.5 Å². The molecule has 0 radical (unpaired) electrons. The molecule has 0 aliphatic rings. The van der Waals surface area contributed by atoms with Crippen molar-refractivity contribution in [3.8, 4) is 5.75 Å². The SMILES string of the molecule is CCCC(CCC)C(N)c1cc(Cl)cc(Br)c1OC. The molecule has 2 N–H and O–H groups in total. The van der Waals surface area contributed by atoms with Crippen LogP contribution < -0.4 is 10.5 Å². The molecule has 1 aromatic carbocycles. The van der Waals surface area contributed by atoms with Crippen LogP contribution in [0.4, 0.5) is 0 Å². The van der Waals surface area contributed by atoms with Crippen LogP contribution in [0.5, 0.6) is 5.75 Å². The van der Waals surface area contributed by atoms with Crippen LogP contribution in [-0.2, 0) is 0 Å². The van der Waals surface area contributed by atoms with Gasteiger partial charge in [0, 0.05) is 16.6 Å². The second-order valence-electron chi connectivity index (χ2n) is 4.87. The van der Waals surface area contributed by atoms with Crippen molar-refractivity contribution in [1.82, 2.24) is 0 Å². The van der Waals surface area contributed by atoms with Crippen molar-refractivity contribution in [2.45, 2.75) is 45.6 Å². The highest BCUT2D eigenvalue weighted by Crippen LogP contribution is 2.39. The third-order valence-corrected chi connectivity index (χ3v) is 4.23. The van der Waals surface area contributed by atoms with Crippen molar-refractivity contribution in [2.24, 2.45) is 11.7 Å². The molecule has 19 heavy (non-hydrogen) atoms. The van der Waals surface area contributed by atoms with Gasteiger partial charge in [0.1, 0.15) is 5.75 Å². The Morgan fingerprint density at radius 1 is 1.26 bits per heavy atom. The predicted octanol–water partition coefficient (Wildman–Crippen LogP) is 5.33. The molecular weight excluding hydrogens is 326 g/mol. The number of hydrogen-bond acceptors (Lipinski definition) is 2. The number of methoxy groups -OCH3 is 1. The highest BCUT2D eigenvalue weighted by atomic mass is 79.9. The maximum atomic E-state index is 6.47. The Labute approximate surface area is 129 Å². The summed E-state index contributed by atoms with van der Waals surface area (Å²) in [6, 6.07) is 3.73. The van der Waals surface area contributed by atoms with E-state index < -0.39 is 0 Å². The van der Waals surface area contributed by atoms with E-state index >= 15 is 0 Å². The topological polar surface area (TPSA) is 35.2 Å². The Morgan fingerprint density at radius 3 is 2.32 bits per heavy atom. The van der Waals surface area contributed by atoms with Gasteiger partial charge in [-0.15, -0.1) is 0 Å². The Kier molecular flexibility index (Phi) is 7.19. The van der Waals surface area contributed by atoms with Gasteiger partial charge in [-0.2, -0.15) is 0 Å². The second-order valence-corrected chi connectivity index (χ2v) is 6.16. The van der Waals surface area contributed by atoms with Gasteiger partial charge in [-0.1, -0.05) is 38.3 Å². The van der Waals surface area contributed by atoms with Crippen LogP contribution in [-0.4, -0.2) is 7.11 Å². The summed E-state index contributed by atoms with van der Waals surface area (Å²) in [6.07, 6.45) is 4.54. The first kappa shape index (κ1) is 16.8. The zero-order valence-electron chi connectivity index (χ0n) is 11.9. The van der Waals surface area contributed by atoms with Gasteiger partial charge in [0.15, 0.2) is 0 Å². The number of rotatable bonds is 7. The van der Waals surface area contributed by atoms with Gasteiger partial charge >= 0.3 is 0 Å². The lowest BCUT2D eigenvalue weighted by Gasteiger charge is -2.25. The third kappa shape index (κ3) is 4.37. The van der Waals surface area contributed by atoms with E-state index in [9.17, 15) is 0 Å². The van der Waals surface area contributed by atoms with E-state index in [4.69, 9.17) is 22.1 Å². The monoisotopic (exact) mass is 347 g/mol. The molecule has 0 heterocycles. The standard InChI is InChI=1S/C15H23BrClNO/c1-4-6-10(7-5-2)14(18)12-8-11(17)9-13(16)15(12)19-3/h8-10,14H,4-7,18H2,1-3H3. The first-order valence-corrected chi connectivity index (χ1v) is 8.00. The first-order chi connectivity index (χ1) is 9.04. The molecule has 0 bridgehead atoms. The lowest BCUT2D eigenvalue weighted by molar-refractivity contribution is 0.349. The molecule has 0 aromatic heterocycles. The lowest BCUT2D eigenvalue weighted by atomic mass is 9.86. The quantitative estimate of drug-likeness (QED) is 0.723. The van der Waals surface area contributed by atoms with Crippen molar-refractivity contribution >= 4 is 27.5 Å². The van der Waals surface area contributed by atoms with Crippen LogP contribution in [0.3, 0.4) is 0 Å². The summed E-state index contributed by atoms with van der Waals surface area (Å²) in [4.78, 5) is 0. The summed E-state index contributed by atoms with van der Waals surface area (Å²) < 4.78 is 6.33. The molecule has 108 valence electrons. The molecule has 0 saturated carbocycles. The molecule has 0 aliphatic heterocycles. The van der Waals surface area contributed by atoms with Crippen LogP contribution in [0.15, 0.2) is 16.6 Å². The molecule has 1 rings (SSSR count). The molecule has 1 unspecified atom stereocenters. The zero-order chi connectivity index (χ0) is 14.4. The molecule has 0 saturated heterocycles. The van der Waals surface area contributed by atoms with Crippen molar-refractivity contribution in [3.63, 3.8) is 0 Å². The van der Waals surface area contributed by atoms with Crippen molar-refractivity contribution < 1.29 is 4.74 Å². The second kappa shape index (κ2) is 8.13. The molecule has 0 fully saturated rings. The first-order valence-electron chi connectivity index (χ1n) is 6.83. The summed E-state index contributed by atoms with van der Waals surface area (Å²) in [5.41, 5.74) is 7.46. The number of nitrogens with two attached hydrogens (primary N) is 1. The number of halogens is 2. The molecule has 1 atom stereocenters. The molecule has 0 aliphatic carbocycles. The van der Waals surface area contributed by atoms with Crippen LogP contribution in [0, 0.1) is 5.92 Å². The van der Waals surface area contributed by atoms with E-state index in [1.807, 2.05) is 12.1 Å². The summed E-state index contributed by atoms with van der Waals surface area (Å²) in [5.74, 6) is 1.27. The summed E-state index contributed by atoms with van der Waals surface area (Å²) in [6.45, 7) is 4.39. The van der Waals surface area contributed by atoms with Crippen molar-refractivity contribution in [3.05, 3.63) is 27.2 Å². The van der Waals surface area contributed by atoms with Crippen LogP contribution in [0.2, 0.25) is 5.02 Å². The average Bonchev–Trinajstić information content (AvgIpc) is 2.37. The Hall–Kier alpha value is -0.250. The third-order valence-electron chi connectivity index (χ3n) is 3.43. The molecule has 1 aromatic rings. The Bertz CT molecular complexity index is 405. The van der Waals surface area contributed by atoms with Gasteiger partial charge in [-0.25, -0.2) is 0 Å². The predicted molar refractivity (Wildman–Crippen MR) is 85.9 cm³/mol. The molecule has 0 spiro atoms. The van der Waals surface area contributed by atoms with Crippen LogP contribution in [0.1, 0.15) is 51.1 Å². The molecule has 0 amide bonds. The minimum absolute atomic E-state index is 0.0372. The lowest BCUT2D eigenvalue weighted by Crippen LogP contribution is -2.22. The highest BCUT2D eigenvalue weighted by molar-refractivity contribution is 9.10. The average molecular weight is 349 g/mol. The largest absolute Gasteiger partial charge is 0.495 e. The van der Waals surface area contributed by atoms with Gasteiger partial charge in [0.25, 0.3) is 0 Å². The zero-order valence-corrected chi connectivity index (χ0v) is 14.2. The minimum Gasteiger partial charge on any atom is -0.495 e. The van der Waals surface area contributed by atoms with Gasteiger partial charge in [-0.3, -0.25) is 0 Å². The van der Waals surface area contributed by atoms with E-state index in [2.05, 4.69) is 29.8 Å². The molecule has 4 heteroatoms. The van der Waals surface area contributed by atoms with Crippen molar-refractivity contribution in [1.29, 1.82) is 0 Å². The van der Waals surface area contributed by atoms with Gasteiger partial charge in [0.05, 0.1) is 11.6 Å². The maximum absolute atomic E-state index is 6.47. The fourth-order valence-electron chi connectivity index (χ4n) is 2.54. The van der Waals surface area contributed by atoms with E-state index in [1.54, 1.807) is 7.11 Å². The summed E-state index contributed by atoms with van der Waals surface area (Å²) >= 11 is 9.63. The minimum atomic E-state index is -0.0372. The van der Waals surface area contributed by atoms with Crippen LogP contribution in [0.25, 0.3) is 0 Å². The molecule has 2 nitrogen and oxygen atoms in total. The number of ether oxygens (including phenoxy) is 1. The maximum Gasteiger partial charge on any atom is 0.137 e. The highest BCUT2D eigenvalue weighted by Gasteiger charge is 2.23. The smallest absolute Gasteiger partial charge is 0.137 e. The Morgan fingerprint density at radius 2 is 1.84 bits per heavy atom. The summed E-state index contributed by atoms with van der Waals surface area (Å²) in [7, 11) is 1.67. The van der Waals surface area contributed by atoms with Gasteiger partial charge < -0.3 is 10.5 Å². The molecular formula is C15H23BrClNO. The fourth-order valence-corrected chi connectivity index (χ4v) is 3.54. The number of hydrogen-bond donors (Lipinski definition) is 1. The van der Waals surface area contributed by atoms with E-state index in [0.29, 0.717) is 10.9 Å². The van der Waals surface area contributed by atoms with E-state index in [-0.39, 0.29) is 6.04 Å². The van der Waals surface area contributed by atoms with Gasteiger partial charge in [-0.05, 0) is 46.8 Å². The summed E-state index contributed by atoms with van der Waals surface area (Å²) in [5, 5.41) is 0.685. The number of benzene rings is 1. The van der Waals surface area contributed by atoms with Crippen molar-refractivity contribution in [2.75, 3.05) is 7.11 Å². The van der Waals surface area contributed by atoms with Gasteiger partial charge in [0.2, 0.25) is 0 Å². The fraction of sp³-hybridized carbons (Fsp3) is 0.600. The Balaban J connectivity index is 3.11. The van der Waals surface area contributed by atoms with Crippen LogP contribution >= 0.6 is 27.5 Å².